The van der Waals surface area contributed by atoms with E-state index in [0.717, 1.165) is 22.3 Å². The fourth-order valence-corrected chi connectivity index (χ4v) is 5.60. The van der Waals surface area contributed by atoms with E-state index in [1.165, 1.54) is 0 Å². The van der Waals surface area contributed by atoms with Gasteiger partial charge in [-0.25, -0.2) is 0 Å². The average molecular weight is 849 g/mol. The van der Waals surface area contributed by atoms with Crippen molar-refractivity contribution in [3.8, 4) is 23.0 Å². The van der Waals surface area contributed by atoms with Crippen molar-refractivity contribution in [3.63, 3.8) is 0 Å². The Balaban J connectivity index is 0.00000123. The third-order valence-electron chi connectivity index (χ3n) is 7.92. The molecule has 0 heterocycles. The van der Waals surface area contributed by atoms with Gasteiger partial charge in [0.2, 0.25) is 0 Å². The fourth-order valence-electron chi connectivity index (χ4n) is 5.60. The Morgan fingerprint density at radius 1 is 0.554 bits per heavy atom. The van der Waals surface area contributed by atoms with Crippen molar-refractivity contribution in [1.82, 2.24) is 0 Å². The van der Waals surface area contributed by atoms with Crippen LogP contribution in [-0.4, -0.2) is 34.9 Å². The second kappa shape index (κ2) is 17.6. The van der Waals surface area contributed by atoms with Crippen molar-refractivity contribution >= 4 is 20.2 Å². The quantitative estimate of drug-likeness (QED) is 0.0681. The van der Waals surface area contributed by atoms with Crippen LogP contribution in [0.5, 0.6) is 23.0 Å². The number of benzene rings is 4. The van der Waals surface area contributed by atoms with E-state index in [2.05, 4.69) is 41.5 Å². The van der Waals surface area contributed by atoms with Crippen LogP contribution in [0.15, 0.2) is 94.9 Å². The Kier molecular flexibility index (Phi) is 15.1. The molecule has 2 unspecified atom stereocenters. The fraction of sp³-hybridized carbons (Fsp3) is 0.381. The van der Waals surface area contributed by atoms with Crippen molar-refractivity contribution in [2.45, 2.75) is 104 Å². The van der Waals surface area contributed by atoms with Crippen molar-refractivity contribution in [2.75, 3.05) is 0 Å². The van der Waals surface area contributed by atoms with E-state index < -0.39 is 19.9 Å². The van der Waals surface area contributed by atoms with Crippen molar-refractivity contribution < 1.29 is 61.9 Å². The average Bonchev–Trinajstić information content (AvgIpc) is 3.02. The summed E-state index contributed by atoms with van der Waals surface area (Å²) in [6.45, 7) is 20.3. The van der Waals surface area contributed by atoms with Crippen LogP contribution in [0.4, 0.5) is 25.2 Å². The largest absolute Gasteiger partial charge is 0 e. The predicted octanol–water partition coefficient (Wildman–Crippen LogP) is 13.7. The summed E-state index contributed by atoms with van der Waals surface area (Å²) in [6, 6.07) is 26.6. The van der Waals surface area contributed by atoms with Gasteiger partial charge in [-0.1, -0.05) is 102 Å². The number of halogens is 6. The van der Waals surface area contributed by atoms with E-state index >= 15 is 0 Å². The van der Waals surface area contributed by atoms with Crippen LogP contribution in [0.2, 0.25) is 0 Å². The Morgan fingerprint density at radius 3 is 1.09 bits per heavy atom. The van der Waals surface area contributed by atoms with E-state index in [1.54, 1.807) is 12.4 Å². The molecule has 0 aliphatic rings. The van der Waals surface area contributed by atoms with E-state index in [9.17, 15) is 35.4 Å². The molecule has 0 fully saturated rings. The van der Waals surface area contributed by atoms with Gasteiger partial charge in [0.25, 0.3) is 0 Å². The molecule has 0 saturated carbocycles. The Hall–Kier alpha value is -4.05. The SMILES string of the molecule is CC(C)Oc1cc(C=NC(c2ccccc2)C(N=Cc2cc(OC(C)C)cc(C(C)(C)C)c2O)c2ccccc2)c(O)c(C(C)(C)C)c1.F[P-](F)(F)(F)(F)F.[Mn]. The van der Waals surface area contributed by atoms with Crippen LogP contribution >= 0.6 is 7.81 Å². The molecule has 0 amide bonds. The smallest absolute Gasteiger partial charge is 0 e. The number of hydrogen-bond donors (Lipinski definition) is 2. The van der Waals surface area contributed by atoms with E-state index in [0.29, 0.717) is 22.6 Å². The van der Waals surface area contributed by atoms with Gasteiger partial charge in [-0.05, 0) is 73.9 Å². The van der Waals surface area contributed by atoms with Crippen LogP contribution in [-0.2, 0) is 27.9 Å². The number of phenols is 2. The second-order valence-corrected chi connectivity index (χ2v) is 17.8. The van der Waals surface area contributed by atoms with Gasteiger partial charge < -0.3 is 19.7 Å². The molecule has 1 radical (unpaired) electrons. The van der Waals surface area contributed by atoms with Gasteiger partial charge in [-0.2, -0.15) is 0 Å². The minimum Gasteiger partial charge on any atom is 0 e. The van der Waals surface area contributed by atoms with Crippen LogP contribution < -0.4 is 9.47 Å². The van der Waals surface area contributed by atoms with Gasteiger partial charge in [0.05, 0.1) is 12.2 Å². The molecule has 4 rings (SSSR count). The number of aromatic hydroxyl groups is 2. The van der Waals surface area contributed by atoms with E-state index in [4.69, 9.17) is 19.5 Å². The number of phenolic OH excluding ortho intramolecular Hbond substituents is 2. The summed E-state index contributed by atoms with van der Waals surface area (Å²) in [6.07, 6.45) is 3.40. The molecular formula is C42H52F6MnN2O4P-. The first-order valence-corrected chi connectivity index (χ1v) is 19.8. The maximum Gasteiger partial charge on any atom is 0 e. The Morgan fingerprint density at radius 2 is 0.839 bits per heavy atom. The van der Waals surface area contributed by atoms with Crippen molar-refractivity contribution in [2.24, 2.45) is 9.98 Å². The van der Waals surface area contributed by atoms with Crippen LogP contribution in [0.1, 0.15) is 115 Å². The third kappa shape index (κ3) is 16.2. The van der Waals surface area contributed by atoms with E-state index in [-0.39, 0.29) is 51.6 Å². The molecule has 4 aromatic carbocycles. The molecule has 0 bridgehead atoms. The first-order chi connectivity index (χ1) is 25.0. The molecule has 0 aliphatic heterocycles. The first kappa shape index (κ1) is 48.1. The molecule has 56 heavy (non-hydrogen) atoms. The minimum absolute atomic E-state index is 0. The summed E-state index contributed by atoms with van der Waals surface area (Å²) in [5.74, 6) is 1.71. The molecule has 14 heteroatoms. The minimum atomic E-state index is -10.7. The molecule has 0 aliphatic carbocycles. The maximum absolute atomic E-state index is 11.5. The molecule has 0 saturated heterocycles. The summed E-state index contributed by atoms with van der Waals surface area (Å²) < 4.78 is 71.4. The van der Waals surface area contributed by atoms with Gasteiger partial charge >= 0.3 is 33.0 Å². The van der Waals surface area contributed by atoms with Gasteiger partial charge in [0, 0.05) is 51.8 Å². The predicted molar refractivity (Wildman–Crippen MR) is 212 cm³/mol. The summed E-state index contributed by atoms with van der Waals surface area (Å²) in [5.41, 5.74) is 3.99. The van der Waals surface area contributed by atoms with Gasteiger partial charge in [0.15, 0.2) is 0 Å². The van der Waals surface area contributed by atoms with E-state index in [1.807, 2.05) is 113 Å². The molecule has 0 aromatic heterocycles. The number of hydrogen-bond acceptors (Lipinski definition) is 6. The molecule has 6 nitrogen and oxygen atoms in total. The van der Waals surface area contributed by atoms with Gasteiger partial charge in [-0.15, -0.1) is 0 Å². The van der Waals surface area contributed by atoms with Crippen LogP contribution in [0.25, 0.3) is 0 Å². The Labute approximate surface area is 336 Å². The molecule has 2 N–H and O–H groups in total. The summed E-state index contributed by atoms with van der Waals surface area (Å²) >= 11 is 0. The monoisotopic (exact) mass is 848 g/mol. The zero-order valence-corrected chi connectivity index (χ0v) is 35.3. The summed E-state index contributed by atoms with van der Waals surface area (Å²) in [4.78, 5) is 10.3. The number of ether oxygens (including phenoxy) is 2. The zero-order valence-electron chi connectivity index (χ0n) is 33.2. The van der Waals surface area contributed by atoms with Gasteiger partial charge in [-0.3, -0.25) is 9.98 Å². The number of nitrogens with zero attached hydrogens (tertiary/aromatic N) is 2. The first-order valence-electron chi connectivity index (χ1n) is 17.8. The van der Waals surface area contributed by atoms with Crippen LogP contribution in [0, 0.1) is 0 Å². The molecule has 2 atom stereocenters. The Bertz CT molecular complexity index is 1820. The van der Waals surface area contributed by atoms with Crippen molar-refractivity contribution in [1.29, 1.82) is 0 Å². The molecular weight excluding hydrogens is 796 g/mol. The molecule has 0 spiro atoms. The standard InChI is InChI=1S/C42H52N2O4.F6P.Mn/c1-27(2)47-33-21-31(39(45)35(23-33)41(5,6)7)25-43-37(29-17-13-11-14-18-29)38(30-19-15-12-16-20-30)44-26-32-22-34(48-28(3)4)24-36(40(32)46)42(8,9)10;1-7(2,3,4,5)6;/h11-28,37-38,45-46H,1-10H3;;/q;-1;. The van der Waals surface area contributed by atoms with Crippen LogP contribution in [0.3, 0.4) is 0 Å². The summed E-state index contributed by atoms with van der Waals surface area (Å²) in [5, 5.41) is 22.9. The molecule has 4 aromatic rings. The van der Waals surface area contributed by atoms with Crippen molar-refractivity contribution in [3.05, 3.63) is 118 Å². The maximum atomic E-state index is 11.5. The third-order valence-corrected chi connectivity index (χ3v) is 7.92. The second-order valence-electron chi connectivity index (χ2n) is 15.9. The normalized spacial score (nSPS) is 14.8. The van der Waals surface area contributed by atoms with Gasteiger partial charge in [0.1, 0.15) is 35.1 Å². The zero-order chi connectivity index (χ0) is 41.6. The number of aliphatic imine (C=N–C) groups is 2. The number of rotatable bonds is 11. The molecule has 309 valence electrons. The topological polar surface area (TPSA) is 83.6 Å². The summed E-state index contributed by atoms with van der Waals surface area (Å²) in [7, 11) is -10.7.